The molecule has 11 rings (SSSR count). The number of carbonyl (C=O) groups excluding carboxylic acids is 2. The predicted octanol–water partition coefficient (Wildman–Crippen LogP) is 6.48. The summed E-state index contributed by atoms with van der Waals surface area (Å²) in [6.07, 6.45) is 0.914. The second kappa shape index (κ2) is 17.3. The Morgan fingerprint density at radius 3 is 1.69 bits per heavy atom. The smallest absolute Gasteiger partial charge is 0.337 e. The fourth-order valence-electron chi connectivity index (χ4n) is 9.84. The number of nitrogens with one attached hydrogen (secondary N) is 1. The van der Waals surface area contributed by atoms with Gasteiger partial charge in [-0.2, -0.15) is 26.3 Å². The molecule has 3 atom stereocenters. The summed E-state index contributed by atoms with van der Waals surface area (Å²) in [6, 6.07) is 13.7. The zero-order valence-electron chi connectivity index (χ0n) is 37.0. The van der Waals surface area contributed by atoms with Crippen LogP contribution in [0.15, 0.2) is 73.3 Å². The van der Waals surface area contributed by atoms with Gasteiger partial charge in [0.2, 0.25) is 0 Å². The summed E-state index contributed by atoms with van der Waals surface area (Å²) in [6.45, 7) is 1.09. The first-order valence-corrected chi connectivity index (χ1v) is 22.2. The van der Waals surface area contributed by atoms with Crippen LogP contribution in [-0.4, -0.2) is 127 Å². The molecule has 0 spiro atoms. The molecule has 3 saturated heterocycles. The fraction of sp³-hybridized carbons (Fsp3) is 0.391. The van der Waals surface area contributed by atoms with Gasteiger partial charge in [-0.25, -0.2) is 29.9 Å². The number of alkyl halides is 6. The molecule has 0 bridgehead atoms. The molecule has 3 N–H and O–H groups in total. The van der Waals surface area contributed by atoms with Crippen LogP contribution in [0.1, 0.15) is 46.4 Å². The van der Waals surface area contributed by atoms with Crippen molar-refractivity contribution in [3.05, 3.63) is 84.4 Å². The Morgan fingerprint density at radius 2 is 1.19 bits per heavy atom. The lowest BCUT2D eigenvalue weighted by atomic mass is 9.92. The van der Waals surface area contributed by atoms with E-state index in [0.29, 0.717) is 99.7 Å². The molecule has 3 fully saturated rings. The lowest BCUT2D eigenvalue weighted by molar-refractivity contribution is -0.140. The van der Waals surface area contributed by atoms with E-state index in [4.69, 9.17) is 5.73 Å². The molecule has 22 heteroatoms. The average molecular weight is 941 g/mol. The number of likely N-dealkylation sites (tertiary alicyclic amines) is 2. The molecule has 0 saturated carbocycles. The molecule has 0 aromatic carbocycles. The highest BCUT2D eigenvalue weighted by molar-refractivity contribution is 5.98. The Hall–Kier alpha value is -6.94. The Kier molecular flexibility index (Phi) is 11.4. The minimum atomic E-state index is -4.43. The van der Waals surface area contributed by atoms with Gasteiger partial charge in [-0.05, 0) is 86.7 Å². The molecular weight excluding hydrogens is 895 g/mol. The molecule has 2 unspecified atom stereocenters. The number of pyridine rings is 4. The summed E-state index contributed by atoms with van der Waals surface area (Å²) in [5.74, 6) is 0.979. The summed E-state index contributed by atoms with van der Waals surface area (Å²) in [7, 11) is 3.39. The van der Waals surface area contributed by atoms with Crippen molar-refractivity contribution in [2.45, 2.75) is 63.2 Å². The van der Waals surface area contributed by atoms with Gasteiger partial charge in [0.05, 0.1) is 22.5 Å². The molecule has 16 nitrogen and oxygen atoms in total. The highest BCUT2D eigenvalue weighted by Crippen LogP contribution is 2.34. The summed E-state index contributed by atoms with van der Waals surface area (Å²) >= 11 is 0. The summed E-state index contributed by atoms with van der Waals surface area (Å²) < 4.78 is 85.8. The van der Waals surface area contributed by atoms with Crippen molar-refractivity contribution in [1.29, 1.82) is 0 Å². The van der Waals surface area contributed by atoms with Crippen LogP contribution in [0.2, 0.25) is 0 Å². The van der Waals surface area contributed by atoms with Gasteiger partial charge < -0.3 is 39.1 Å². The standard InChI is InChI=1S/C24H24F3N7O.C22H22F3N7O/c1-32-21-17(9-16(11-30-21)23(35)33-8-5-14-4-7-28-18(14)12-33)31-22(32)19-10-15-3-2-6-29-20(15)34(19)13-24(25,26)27;1-30-19-16(8-14(10-28-19)21(33)31-7-3-5-15(26)11-31)29-20(30)17-9-13-4-2-6-27-18(13)32(17)12-22(23,24)25/h2-3,6,9-11,14,18,28H,4-5,7-8,12-13H2,1H3;2,4,6,8-10,15H,3,5,7,11-12,26H2,1H3/t;15-/m.1/s1. The molecule has 8 aromatic heterocycles. The first-order chi connectivity index (χ1) is 32.5. The van der Waals surface area contributed by atoms with Crippen molar-refractivity contribution < 1.29 is 35.9 Å². The van der Waals surface area contributed by atoms with E-state index in [9.17, 15) is 35.9 Å². The van der Waals surface area contributed by atoms with E-state index >= 15 is 0 Å². The van der Waals surface area contributed by atoms with Crippen LogP contribution in [0, 0.1) is 5.92 Å². The number of nitrogens with zero attached hydrogens (tertiary/aromatic N) is 12. The van der Waals surface area contributed by atoms with E-state index in [1.807, 2.05) is 4.90 Å². The highest BCUT2D eigenvalue weighted by Gasteiger charge is 2.36. The van der Waals surface area contributed by atoms with Gasteiger partial charge in [0.15, 0.2) is 22.9 Å². The fourth-order valence-corrected chi connectivity index (χ4v) is 9.84. The lowest BCUT2D eigenvalue weighted by Crippen LogP contribution is -2.48. The molecule has 11 heterocycles. The zero-order chi connectivity index (χ0) is 47.6. The number of nitrogens with two attached hydrogens (primary N) is 1. The number of aryl methyl sites for hydroxylation is 2. The van der Waals surface area contributed by atoms with Gasteiger partial charge in [0.25, 0.3) is 11.8 Å². The first-order valence-electron chi connectivity index (χ1n) is 22.2. The van der Waals surface area contributed by atoms with Gasteiger partial charge in [0, 0.05) is 87.9 Å². The highest BCUT2D eigenvalue weighted by atomic mass is 19.4. The number of rotatable bonds is 6. The Labute approximate surface area is 383 Å². The minimum absolute atomic E-state index is 0.0509. The Balaban J connectivity index is 0.000000159. The number of hydrogen-bond donors (Lipinski definition) is 2. The van der Waals surface area contributed by atoms with Gasteiger partial charge >= 0.3 is 12.4 Å². The number of aromatic nitrogens is 10. The molecule has 8 aromatic rings. The van der Waals surface area contributed by atoms with Crippen LogP contribution < -0.4 is 11.1 Å². The number of halogens is 6. The van der Waals surface area contributed by atoms with Crippen molar-refractivity contribution in [2.24, 2.45) is 25.7 Å². The molecule has 354 valence electrons. The average Bonchev–Trinajstić information content (AvgIpc) is 4.14. The molecule has 2 amide bonds. The summed E-state index contributed by atoms with van der Waals surface area (Å²) in [5, 5.41) is 4.64. The monoisotopic (exact) mass is 940 g/mol. The Morgan fingerprint density at radius 1 is 0.676 bits per heavy atom. The zero-order valence-corrected chi connectivity index (χ0v) is 37.0. The van der Waals surface area contributed by atoms with Crippen LogP contribution in [0.3, 0.4) is 0 Å². The molecular formula is C46H46F6N14O2. The second-order valence-electron chi connectivity index (χ2n) is 17.7. The van der Waals surface area contributed by atoms with Gasteiger partial charge in [-0.1, -0.05) is 0 Å². The number of hydrogen-bond acceptors (Lipinski definition) is 10. The summed E-state index contributed by atoms with van der Waals surface area (Å²) in [5.41, 5.74) is 9.66. The molecule has 3 aliphatic heterocycles. The van der Waals surface area contributed by atoms with Crippen LogP contribution in [0.25, 0.3) is 67.4 Å². The van der Waals surface area contributed by atoms with Crippen molar-refractivity contribution in [3.8, 4) is 23.0 Å². The van der Waals surface area contributed by atoms with Gasteiger partial charge in [-0.3, -0.25) is 9.59 Å². The van der Waals surface area contributed by atoms with E-state index in [0.717, 1.165) is 41.4 Å². The molecule has 3 aliphatic rings. The van der Waals surface area contributed by atoms with E-state index in [-0.39, 0.29) is 34.8 Å². The van der Waals surface area contributed by atoms with Crippen LogP contribution >= 0.6 is 0 Å². The summed E-state index contributed by atoms with van der Waals surface area (Å²) in [4.78, 5) is 56.0. The molecule has 68 heavy (non-hydrogen) atoms. The van der Waals surface area contributed by atoms with E-state index in [1.54, 1.807) is 76.7 Å². The normalized spacial score (nSPS) is 19.0. The van der Waals surface area contributed by atoms with Gasteiger partial charge in [0.1, 0.15) is 35.4 Å². The number of imidazole rings is 2. The Bertz CT molecular complexity index is 3220. The second-order valence-corrected chi connectivity index (χ2v) is 17.7. The van der Waals surface area contributed by atoms with Crippen molar-refractivity contribution in [3.63, 3.8) is 0 Å². The van der Waals surface area contributed by atoms with Crippen molar-refractivity contribution in [2.75, 3.05) is 32.7 Å². The first kappa shape index (κ1) is 44.9. The van der Waals surface area contributed by atoms with Crippen molar-refractivity contribution >= 4 is 56.2 Å². The topological polar surface area (TPSA) is 176 Å². The lowest BCUT2D eigenvalue weighted by Gasteiger charge is -2.34. The number of piperidine rings is 2. The van der Waals surface area contributed by atoms with Gasteiger partial charge in [-0.15, -0.1) is 0 Å². The maximum absolute atomic E-state index is 13.4. The van der Waals surface area contributed by atoms with Crippen molar-refractivity contribution in [1.82, 2.24) is 63.3 Å². The quantitative estimate of drug-likeness (QED) is 0.176. The maximum Gasteiger partial charge on any atom is 0.406 e. The van der Waals surface area contributed by atoms with Crippen LogP contribution in [0.5, 0.6) is 0 Å². The van der Waals surface area contributed by atoms with E-state index in [2.05, 4.69) is 35.2 Å². The van der Waals surface area contributed by atoms with E-state index < -0.39 is 25.4 Å². The third-order valence-corrected chi connectivity index (χ3v) is 13.1. The maximum atomic E-state index is 13.4. The largest absolute Gasteiger partial charge is 0.406 e. The van der Waals surface area contributed by atoms with Crippen LogP contribution in [0.4, 0.5) is 26.3 Å². The minimum Gasteiger partial charge on any atom is -0.337 e. The molecule has 0 radical (unpaired) electrons. The third kappa shape index (κ3) is 8.61. The van der Waals surface area contributed by atoms with E-state index in [1.165, 1.54) is 24.8 Å². The molecule has 0 aliphatic carbocycles. The third-order valence-electron chi connectivity index (χ3n) is 13.1. The number of amides is 2. The SMILES string of the molecule is Cn1c(-c2cc3cccnc3n2CC(F)(F)F)nc2cc(C(=O)N3CCC4CCNC4C3)cnc21.Cn1c(-c2cc3cccnc3n2CC(F)(F)F)nc2cc(C(=O)N3CCC[C@@H](N)C3)cnc21. The van der Waals surface area contributed by atoms with Crippen LogP contribution in [-0.2, 0) is 27.2 Å². The number of carbonyl (C=O) groups is 2. The number of fused-ring (bicyclic) bond motifs is 5. The predicted molar refractivity (Wildman–Crippen MR) is 240 cm³/mol.